The maximum atomic E-state index is 12.2. The van der Waals surface area contributed by atoms with Gasteiger partial charge >= 0.3 is 0 Å². The Morgan fingerprint density at radius 2 is 2.00 bits per heavy atom. The van der Waals surface area contributed by atoms with Crippen LogP contribution in [0.4, 0.5) is 0 Å². The van der Waals surface area contributed by atoms with E-state index in [2.05, 4.69) is 5.32 Å². The quantitative estimate of drug-likeness (QED) is 0.809. The fourth-order valence-electron chi connectivity index (χ4n) is 2.89. The molecule has 0 aromatic carbocycles. The Balaban J connectivity index is 1.68. The lowest BCUT2D eigenvalue weighted by Gasteiger charge is -2.38. The summed E-state index contributed by atoms with van der Waals surface area (Å²) in [5.41, 5.74) is 0. The van der Waals surface area contributed by atoms with Gasteiger partial charge < -0.3 is 15.0 Å². The van der Waals surface area contributed by atoms with Crippen molar-refractivity contribution >= 4 is 5.91 Å². The van der Waals surface area contributed by atoms with Crippen LogP contribution in [-0.2, 0) is 9.53 Å². The van der Waals surface area contributed by atoms with Gasteiger partial charge in [0.2, 0.25) is 5.91 Å². The summed E-state index contributed by atoms with van der Waals surface area (Å²) >= 11 is 0. The van der Waals surface area contributed by atoms with E-state index < -0.39 is 0 Å². The highest BCUT2D eigenvalue weighted by Crippen LogP contribution is 2.23. The molecule has 2 fully saturated rings. The number of rotatable bonds is 5. The third-order valence-corrected chi connectivity index (χ3v) is 4.02. The Bertz CT molecular complexity index is 271. The van der Waals surface area contributed by atoms with Gasteiger partial charge in [-0.2, -0.15) is 0 Å². The average Bonchev–Trinajstić information content (AvgIpc) is 2.36. The predicted octanol–water partition coefficient (Wildman–Crippen LogP) is 1.54. The summed E-state index contributed by atoms with van der Waals surface area (Å²) in [5.74, 6) is 0.273. The number of hydrogen-bond donors (Lipinski definition) is 1. The first-order valence-corrected chi connectivity index (χ1v) is 7.37. The van der Waals surface area contributed by atoms with Crippen LogP contribution in [-0.4, -0.2) is 48.7 Å². The number of ether oxygens (including phenoxy) is 1. The smallest absolute Gasteiger partial charge is 0.239 e. The van der Waals surface area contributed by atoms with Crippen LogP contribution in [0.2, 0.25) is 0 Å². The molecule has 1 amide bonds. The van der Waals surface area contributed by atoms with Gasteiger partial charge in [-0.15, -0.1) is 0 Å². The fraction of sp³-hybridized carbons (Fsp3) is 0.929. The standard InChI is InChI=1S/C14H26N2O2/c1-3-18-13-9-12(10-13)15-11(2)14(17)16-7-5-4-6-8-16/h11-13,15H,3-10H2,1-2H3. The molecule has 1 aliphatic heterocycles. The minimum atomic E-state index is -0.0457. The molecule has 0 aromatic rings. The SMILES string of the molecule is CCOC1CC(NC(C)C(=O)N2CCCCC2)C1. The molecule has 1 heterocycles. The van der Waals surface area contributed by atoms with Crippen molar-refractivity contribution in [3.63, 3.8) is 0 Å². The van der Waals surface area contributed by atoms with Crippen LogP contribution in [0, 0.1) is 0 Å². The molecule has 0 radical (unpaired) electrons. The minimum absolute atomic E-state index is 0.0457. The van der Waals surface area contributed by atoms with Crippen molar-refractivity contribution in [2.24, 2.45) is 0 Å². The van der Waals surface area contributed by atoms with Crippen molar-refractivity contribution in [2.75, 3.05) is 19.7 Å². The Hall–Kier alpha value is -0.610. The highest BCUT2D eigenvalue weighted by atomic mass is 16.5. The number of likely N-dealkylation sites (tertiary alicyclic amines) is 1. The van der Waals surface area contributed by atoms with Crippen LogP contribution in [0.1, 0.15) is 46.0 Å². The van der Waals surface area contributed by atoms with Gasteiger partial charge in [0.05, 0.1) is 12.1 Å². The molecule has 1 unspecified atom stereocenters. The van der Waals surface area contributed by atoms with E-state index in [-0.39, 0.29) is 11.9 Å². The highest BCUT2D eigenvalue weighted by molar-refractivity contribution is 5.81. The van der Waals surface area contributed by atoms with Crippen LogP contribution >= 0.6 is 0 Å². The Morgan fingerprint density at radius 3 is 2.61 bits per heavy atom. The summed E-state index contributed by atoms with van der Waals surface area (Å²) in [6.07, 6.45) is 6.09. The van der Waals surface area contributed by atoms with E-state index in [1.165, 1.54) is 6.42 Å². The molecular formula is C14H26N2O2. The molecule has 2 rings (SSSR count). The second-order valence-corrected chi connectivity index (χ2v) is 5.52. The summed E-state index contributed by atoms with van der Waals surface area (Å²) in [4.78, 5) is 14.2. The van der Waals surface area contributed by atoms with Crippen LogP contribution < -0.4 is 5.32 Å². The monoisotopic (exact) mass is 254 g/mol. The zero-order valence-electron chi connectivity index (χ0n) is 11.7. The molecule has 104 valence electrons. The number of hydrogen-bond acceptors (Lipinski definition) is 3. The molecule has 0 aromatic heterocycles. The highest BCUT2D eigenvalue weighted by Gasteiger charge is 2.32. The minimum Gasteiger partial charge on any atom is -0.378 e. The first-order valence-electron chi connectivity index (χ1n) is 7.37. The van der Waals surface area contributed by atoms with Gasteiger partial charge in [0.15, 0.2) is 0 Å². The maximum Gasteiger partial charge on any atom is 0.239 e. The summed E-state index contributed by atoms with van der Waals surface area (Å²) in [5, 5.41) is 3.43. The summed E-state index contributed by atoms with van der Waals surface area (Å²) < 4.78 is 5.53. The van der Waals surface area contributed by atoms with Gasteiger partial charge in [-0.05, 0) is 46.0 Å². The van der Waals surface area contributed by atoms with E-state index in [1.54, 1.807) is 0 Å². The lowest BCUT2D eigenvalue weighted by Crippen LogP contribution is -2.54. The van der Waals surface area contributed by atoms with E-state index in [0.29, 0.717) is 12.1 Å². The van der Waals surface area contributed by atoms with E-state index >= 15 is 0 Å². The van der Waals surface area contributed by atoms with E-state index in [9.17, 15) is 4.79 Å². The molecule has 1 aliphatic carbocycles. The van der Waals surface area contributed by atoms with Gasteiger partial charge in [-0.1, -0.05) is 0 Å². The normalized spacial score (nSPS) is 29.8. The number of carbonyl (C=O) groups is 1. The fourth-order valence-corrected chi connectivity index (χ4v) is 2.89. The molecule has 0 spiro atoms. The lowest BCUT2D eigenvalue weighted by atomic mass is 9.88. The average molecular weight is 254 g/mol. The molecule has 4 heteroatoms. The summed E-state index contributed by atoms with van der Waals surface area (Å²) in [6, 6.07) is 0.418. The van der Waals surface area contributed by atoms with Crippen molar-refractivity contribution in [1.82, 2.24) is 10.2 Å². The van der Waals surface area contributed by atoms with E-state index in [4.69, 9.17) is 4.74 Å². The summed E-state index contributed by atoms with van der Waals surface area (Å²) in [6.45, 7) is 6.70. The zero-order chi connectivity index (χ0) is 13.0. The molecule has 4 nitrogen and oxygen atoms in total. The molecular weight excluding hydrogens is 228 g/mol. The van der Waals surface area contributed by atoms with Crippen molar-refractivity contribution in [2.45, 2.75) is 64.1 Å². The lowest BCUT2D eigenvalue weighted by molar-refractivity contribution is -0.134. The molecule has 1 atom stereocenters. The second kappa shape index (κ2) is 6.53. The predicted molar refractivity (Wildman–Crippen MR) is 71.5 cm³/mol. The molecule has 1 saturated carbocycles. The van der Waals surface area contributed by atoms with Gasteiger partial charge in [0.25, 0.3) is 0 Å². The van der Waals surface area contributed by atoms with Crippen LogP contribution in [0.5, 0.6) is 0 Å². The first-order chi connectivity index (χ1) is 8.70. The third-order valence-electron chi connectivity index (χ3n) is 4.02. The van der Waals surface area contributed by atoms with Gasteiger partial charge in [0, 0.05) is 25.7 Å². The number of carbonyl (C=O) groups excluding carboxylic acids is 1. The van der Waals surface area contributed by atoms with Crippen molar-refractivity contribution in [3.05, 3.63) is 0 Å². The second-order valence-electron chi connectivity index (χ2n) is 5.52. The molecule has 2 aliphatic rings. The van der Waals surface area contributed by atoms with E-state index in [0.717, 1.165) is 45.4 Å². The molecule has 0 bridgehead atoms. The largest absolute Gasteiger partial charge is 0.378 e. The number of nitrogens with zero attached hydrogens (tertiary/aromatic N) is 1. The van der Waals surface area contributed by atoms with Crippen molar-refractivity contribution < 1.29 is 9.53 Å². The summed E-state index contributed by atoms with van der Waals surface area (Å²) in [7, 11) is 0. The van der Waals surface area contributed by atoms with Gasteiger partial charge in [-0.25, -0.2) is 0 Å². The number of nitrogens with one attached hydrogen (secondary N) is 1. The molecule has 1 N–H and O–H groups in total. The first kappa shape index (κ1) is 13.8. The van der Waals surface area contributed by atoms with Crippen LogP contribution in [0.15, 0.2) is 0 Å². The van der Waals surface area contributed by atoms with Crippen LogP contribution in [0.25, 0.3) is 0 Å². The van der Waals surface area contributed by atoms with E-state index in [1.807, 2.05) is 18.7 Å². The van der Waals surface area contributed by atoms with Crippen LogP contribution in [0.3, 0.4) is 0 Å². The third kappa shape index (κ3) is 3.45. The number of amides is 1. The molecule has 18 heavy (non-hydrogen) atoms. The van der Waals surface area contributed by atoms with Gasteiger partial charge in [-0.3, -0.25) is 4.79 Å². The molecule has 1 saturated heterocycles. The number of piperidine rings is 1. The maximum absolute atomic E-state index is 12.2. The van der Waals surface area contributed by atoms with Crippen molar-refractivity contribution in [1.29, 1.82) is 0 Å². The van der Waals surface area contributed by atoms with Gasteiger partial charge in [0.1, 0.15) is 0 Å². The Labute approximate surface area is 110 Å². The van der Waals surface area contributed by atoms with Crippen molar-refractivity contribution in [3.8, 4) is 0 Å². The topological polar surface area (TPSA) is 41.6 Å². The zero-order valence-corrected chi connectivity index (χ0v) is 11.7. The Kier molecular flexibility index (Phi) is 5.01. The Morgan fingerprint density at radius 1 is 1.33 bits per heavy atom.